The van der Waals surface area contributed by atoms with Gasteiger partial charge in [0.1, 0.15) is 9.55 Å². The quantitative estimate of drug-likeness (QED) is 0.219. The molecule has 108 valence electrons. The first kappa shape index (κ1) is 20.1. The SMILES string of the molecule is C=C(C)C(=O)OCCC[Si](OC)(OC)OC.[SiH3]Cl. The molecule has 0 bridgehead atoms. The predicted octanol–water partition coefficient (Wildman–Crippen LogP) is 0.879. The molecule has 0 radical (unpaired) electrons. The zero-order valence-electron chi connectivity index (χ0n) is 11.7. The first-order valence-electron chi connectivity index (χ1n) is 5.37. The number of rotatable bonds is 8. The summed E-state index contributed by atoms with van der Waals surface area (Å²) in [5, 5.41) is 0. The summed E-state index contributed by atoms with van der Waals surface area (Å²) in [7, 11) is 2.91. The topological polar surface area (TPSA) is 54.0 Å². The van der Waals surface area contributed by atoms with Gasteiger partial charge in [-0.1, -0.05) is 6.58 Å². The van der Waals surface area contributed by atoms with Crippen molar-refractivity contribution in [1.82, 2.24) is 0 Å². The Bertz CT molecular complexity index is 238. The minimum atomic E-state index is -2.53. The third-order valence-corrected chi connectivity index (χ3v) is 4.97. The summed E-state index contributed by atoms with van der Waals surface area (Å²) in [5.74, 6) is -0.375. The average molecular weight is 315 g/mol. The van der Waals surface area contributed by atoms with E-state index in [0.29, 0.717) is 24.6 Å². The summed E-state index contributed by atoms with van der Waals surface area (Å²) in [6, 6.07) is 0.611. The van der Waals surface area contributed by atoms with Crippen LogP contribution in [0.2, 0.25) is 6.04 Å². The van der Waals surface area contributed by atoms with Gasteiger partial charge in [-0.25, -0.2) is 4.79 Å². The Morgan fingerprint density at radius 1 is 1.22 bits per heavy atom. The van der Waals surface area contributed by atoms with E-state index in [9.17, 15) is 4.79 Å². The standard InChI is InChI=1S/C10H20O5Si.ClH3Si/c1-9(2)10(11)15-7-6-8-16(12-3,13-4)14-5;1-2/h1,6-8H2,2-5H3;2H3. The molecule has 0 aliphatic rings. The molecule has 0 spiro atoms. The van der Waals surface area contributed by atoms with Crippen LogP contribution in [0.4, 0.5) is 0 Å². The molecule has 0 aliphatic heterocycles. The van der Waals surface area contributed by atoms with E-state index in [1.54, 1.807) is 28.3 Å². The second kappa shape index (κ2) is 11.9. The molecule has 0 unspecified atom stereocenters. The minimum Gasteiger partial charge on any atom is -0.462 e. The van der Waals surface area contributed by atoms with E-state index in [1.165, 1.54) is 0 Å². The van der Waals surface area contributed by atoms with E-state index in [0.717, 1.165) is 9.55 Å². The van der Waals surface area contributed by atoms with Gasteiger partial charge in [0.05, 0.1) is 6.61 Å². The van der Waals surface area contributed by atoms with Crippen molar-refractivity contribution < 1.29 is 22.8 Å². The van der Waals surface area contributed by atoms with Gasteiger partial charge >= 0.3 is 14.8 Å². The van der Waals surface area contributed by atoms with E-state index >= 15 is 0 Å². The molecule has 8 heteroatoms. The van der Waals surface area contributed by atoms with Crippen LogP contribution in [0.1, 0.15) is 13.3 Å². The largest absolute Gasteiger partial charge is 0.500 e. The Hall–Kier alpha value is -0.186. The second-order valence-corrected chi connectivity index (χ2v) is 6.41. The Morgan fingerprint density at radius 2 is 1.67 bits per heavy atom. The van der Waals surface area contributed by atoms with Crippen molar-refractivity contribution in [3.63, 3.8) is 0 Å². The van der Waals surface area contributed by atoms with Crippen LogP contribution in [-0.4, -0.2) is 52.3 Å². The molecule has 0 atom stereocenters. The molecular formula is C10H23ClO5Si2. The highest BCUT2D eigenvalue weighted by Gasteiger charge is 2.36. The Labute approximate surface area is 118 Å². The molecule has 0 fully saturated rings. The molecule has 5 nitrogen and oxygen atoms in total. The van der Waals surface area contributed by atoms with Crippen molar-refractivity contribution in [1.29, 1.82) is 0 Å². The van der Waals surface area contributed by atoms with Crippen molar-refractivity contribution >= 4 is 35.4 Å². The summed E-state index contributed by atoms with van der Waals surface area (Å²) >= 11 is 4.78. The summed E-state index contributed by atoms with van der Waals surface area (Å²) in [6.07, 6.45) is 0.640. The summed E-state index contributed by atoms with van der Waals surface area (Å²) in [6.45, 7) is 5.42. The van der Waals surface area contributed by atoms with Crippen LogP contribution < -0.4 is 0 Å². The lowest BCUT2D eigenvalue weighted by Gasteiger charge is -2.24. The zero-order valence-corrected chi connectivity index (χ0v) is 15.5. The van der Waals surface area contributed by atoms with Crippen molar-refractivity contribution in [3.8, 4) is 0 Å². The zero-order chi connectivity index (χ0) is 14.6. The highest BCUT2D eigenvalue weighted by molar-refractivity contribution is 6.80. The van der Waals surface area contributed by atoms with E-state index < -0.39 is 8.80 Å². The third kappa shape index (κ3) is 8.01. The molecule has 0 aromatic heterocycles. The Balaban J connectivity index is 0. The van der Waals surface area contributed by atoms with Gasteiger partial charge in [-0.05, 0) is 13.3 Å². The predicted molar refractivity (Wildman–Crippen MR) is 77.8 cm³/mol. The van der Waals surface area contributed by atoms with Crippen LogP contribution in [0.25, 0.3) is 0 Å². The number of halogens is 1. The molecule has 0 heterocycles. The van der Waals surface area contributed by atoms with Gasteiger partial charge in [0.15, 0.2) is 0 Å². The molecule has 0 saturated heterocycles. The number of ether oxygens (including phenoxy) is 1. The Morgan fingerprint density at radius 3 is 2.00 bits per heavy atom. The average Bonchev–Trinajstić information content (AvgIpc) is 2.41. The van der Waals surface area contributed by atoms with E-state index in [1.807, 2.05) is 0 Å². The maximum absolute atomic E-state index is 11.1. The van der Waals surface area contributed by atoms with Crippen molar-refractivity contribution in [2.75, 3.05) is 27.9 Å². The molecule has 0 aromatic carbocycles. The van der Waals surface area contributed by atoms with Crippen LogP contribution in [0, 0.1) is 0 Å². The van der Waals surface area contributed by atoms with Gasteiger partial charge in [0.25, 0.3) is 0 Å². The van der Waals surface area contributed by atoms with Crippen molar-refractivity contribution in [3.05, 3.63) is 12.2 Å². The molecule has 18 heavy (non-hydrogen) atoms. The van der Waals surface area contributed by atoms with Crippen LogP contribution in [0.3, 0.4) is 0 Å². The molecule has 0 saturated carbocycles. The lowest BCUT2D eigenvalue weighted by molar-refractivity contribution is -0.139. The van der Waals surface area contributed by atoms with Crippen molar-refractivity contribution in [2.24, 2.45) is 0 Å². The number of carbonyl (C=O) groups is 1. The van der Waals surface area contributed by atoms with Crippen LogP contribution in [0.5, 0.6) is 0 Å². The molecule has 0 amide bonds. The molecule has 0 aliphatic carbocycles. The van der Waals surface area contributed by atoms with E-state index in [2.05, 4.69) is 6.58 Å². The fraction of sp³-hybridized carbons (Fsp3) is 0.700. The maximum Gasteiger partial charge on any atom is 0.500 e. The normalized spacial score (nSPS) is 10.5. The summed E-state index contributed by atoms with van der Waals surface area (Å²) in [5.41, 5.74) is 0.397. The lowest BCUT2D eigenvalue weighted by Crippen LogP contribution is -2.42. The van der Waals surface area contributed by atoms with Gasteiger partial charge in [-0.15, -0.1) is 0 Å². The number of hydrogen-bond acceptors (Lipinski definition) is 5. The molecule has 0 aromatic rings. The van der Waals surface area contributed by atoms with Gasteiger partial charge in [0, 0.05) is 32.9 Å². The fourth-order valence-corrected chi connectivity index (χ4v) is 2.82. The smallest absolute Gasteiger partial charge is 0.462 e. The minimum absolute atomic E-state index is 0.316. The molecular weight excluding hydrogens is 292 g/mol. The number of carbonyl (C=O) groups excluding carboxylic acids is 1. The van der Waals surface area contributed by atoms with E-state index in [4.69, 9.17) is 29.1 Å². The van der Waals surface area contributed by atoms with Crippen LogP contribution >= 0.6 is 11.1 Å². The number of esters is 1. The molecule has 0 rings (SSSR count). The number of hydrogen-bond donors (Lipinski definition) is 0. The van der Waals surface area contributed by atoms with Gasteiger partial charge < -0.3 is 18.0 Å². The molecule has 0 N–H and O–H groups in total. The van der Waals surface area contributed by atoms with Crippen LogP contribution in [0.15, 0.2) is 12.2 Å². The van der Waals surface area contributed by atoms with Gasteiger partial charge in [0.2, 0.25) is 0 Å². The van der Waals surface area contributed by atoms with Gasteiger partial charge in [-0.3, -0.25) is 0 Å². The first-order valence-corrected chi connectivity index (χ1v) is 10.3. The summed E-state index contributed by atoms with van der Waals surface area (Å²) < 4.78 is 20.6. The van der Waals surface area contributed by atoms with Crippen molar-refractivity contribution in [2.45, 2.75) is 19.4 Å². The summed E-state index contributed by atoms with van der Waals surface area (Å²) in [4.78, 5) is 11.1. The monoisotopic (exact) mass is 314 g/mol. The second-order valence-electron chi connectivity index (χ2n) is 3.32. The highest BCUT2D eigenvalue weighted by atomic mass is 35.6. The third-order valence-electron chi connectivity index (χ3n) is 2.14. The van der Waals surface area contributed by atoms with Crippen LogP contribution in [-0.2, 0) is 22.8 Å². The highest BCUT2D eigenvalue weighted by Crippen LogP contribution is 2.14. The Kier molecular flexibility index (Phi) is 13.3. The fourth-order valence-electron chi connectivity index (χ4n) is 1.13. The van der Waals surface area contributed by atoms with Gasteiger partial charge in [-0.2, -0.15) is 11.1 Å². The first-order chi connectivity index (χ1) is 8.51. The maximum atomic E-state index is 11.1. The van der Waals surface area contributed by atoms with E-state index in [-0.39, 0.29) is 5.97 Å². The lowest BCUT2D eigenvalue weighted by atomic mass is 10.4.